The summed E-state index contributed by atoms with van der Waals surface area (Å²) in [6, 6.07) is 10.7. The van der Waals surface area contributed by atoms with Gasteiger partial charge in [0.1, 0.15) is 17.2 Å². The molecule has 2 aromatic carbocycles. The van der Waals surface area contributed by atoms with E-state index in [-0.39, 0.29) is 11.7 Å². The Bertz CT molecular complexity index is 909. The zero-order chi connectivity index (χ0) is 18.0. The van der Waals surface area contributed by atoms with Crippen molar-refractivity contribution in [3.8, 4) is 11.5 Å². The standard InChI is InChI=1S/C18H15BrN2O3S/c1-10-3-6-15(24-2)13(7-10)20-18-21-17(23)16(25-18)9-11-8-12(19)4-5-14(11)22/h3-9,22H,1-2H3,(H,20,21,23)/b16-9-. The van der Waals surface area contributed by atoms with Crippen LogP contribution < -0.4 is 10.1 Å². The highest BCUT2D eigenvalue weighted by atomic mass is 79.9. The molecule has 1 fully saturated rings. The average Bonchev–Trinajstić information content (AvgIpc) is 2.90. The minimum atomic E-state index is -0.255. The highest BCUT2D eigenvalue weighted by Gasteiger charge is 2.24. The van der Waals surface area contributed by atoms with Crippen molar-refractivity contribution in [3.05, 3.63) is 56.9 Å². The molecule has 1 aliphatic heterocycles. The van der Waals surface area contributed by atoms with Gasteiger partial charge in [-0.2, -0.15) is 0 Å². The zero-order valence-electron chi connectivity index (χ0n) is 13.5. The number of aryl methyl sites for hydroxylation is 1. The van der Waals surface area contributed by atoms with E-state index in [1.165, 1.54) is 11.8 Å². The van der Waals surface area contributed by atoms with Gasteiger partial charge < -0.3 is 15.2 Å². The maximum absolute atomic E-state index is 12.2. The molecule has 3 rings (SSSR count). The highest BCUT2D eigenvalue weighted by molar-refractivity contribution is 9.10. The zero-order valence-corrected chi connectivity index (χ0v) is 15.9. The quantitative estimate of drug-likeness (QED) is 0.726. The monoisotopic (exact) mass is 418 g/mol. The first kappa shape index (κ1) is 17.6. The number of aliphatic imine (C=N–C) groups is 1. The number of amidine groups is 1. The lowest BCUT2D eigenvalue weighted by Gasteiger charge is -2.05. The Morgan fingerprint density at radius 3 is 2.84 bits per heavy atom. The van der Waals surface area contributed by atoms with Gasteiger partial charge in [-0.05, 0) is 60.7 Å². The van der Waals surface area contributed by atoms with E-state index in [2.05, 4.69) is 26.2 Å². The fraction of sp³-hybridized carbons (Fsp3) is 0.111. The maximum Gasteiger partial charge on any atom is 0.264 e. The molecule has 25 heavy (non-hydrogen) atoms. The number of methoxy groups -OCH3 is 1. The number of hydrogen-bond donors (Lipinski definition) is 2. The van der Waals surface area contributed by atoms with Gasteiger partial charge in [0.05, 0.1) is 12.0 Å². The molecular weight excluding hydrogens is 404 g/mol. The fourth-order valence-corrected chi connectivity index (χ4v) is 3.46. The summed E-state index contributed by atoms with van der Waals surface area (Å²) in [5.41, 5.74) is 2.25. The summed E-state index contributed by atoms with van der Waals surface area (Å²) in [5, 5.41) is 13.1. The lowest BCUT2D eigenvalue weighted by molar-refractivity contribution is -0.115. The summed E-state index contributed by atoms with van der Waals surface area (Å²) < 4.78 is 6.13. The minimum absolute atomic E-state index is 0.106. The van der Waals surface area contributed by atoms with Gasteiger partial charge in [0.2, 0.25) is 0 Å². The third-order valence-electron chi connectivity index (χ3n) is 3.48. The van der Waals surface area contributed by atoms with Crippen molar-refractivity contribution in [2.24, 2.45) is 4.99 Å². The first-order valence-electron chi connectivity index (χ1n) is 7.39. The second-order valence-electron chi connectivity index (χ2n) is 5.36. The molecule has 1 heterocycles. The van der Waals surface area contributed by atoms with Crippen LogP contribution in [0.3, 0.4) is 0 Å². The van der Waals surface area contributed by atoms with E-state index in [1.807, 2.05) is 25.1 Å². The number of nitrogens with zero attached hydrogens (tertiary/aromatic N) is 1. The molecule has 0 aliphatic carbocycles. The number of phenols is 1. The van der Waals surface area contributed by atoms with Crippen molar-refractivity contribution in [2.75, 3.05) is 7.11 Å². The number of phenolic OH excluding ortho intramolecular Hbond substituents is 1. The number of carbonyl (C=O) groups is 1. The van der Waals surface area contributed by atoms with Gasteiger partial charge in [-0.1, -0.05) is 22.0 Å². The van der Waals surface area contributed by atoms with Crippen LogP contribution in [0.25, 0.3) is 6.08 Å². The lowest BCUT2D eigenvalue weighted by atomic mass is 10.2. The van der Waals surface area contributed by atoms with Crippen molar-refractivity contribution in [2.45, 2.75) is 6.92 Å². The summed E-state index contributed by atoms with van der Waals surface area (Å²) in [6.45, 7) is 1.96. The highest BCUT2D eigenvalue weighted by Crippen LogP contribution is 2.34. The predicted octanol–water partition coefficient (Wildman–Crippen LogP) is 4.36. The van der Waals surface area contributed by atoms with Crippen LogP contribution in [0.5, 0.6) is 11.5 Å². The number of aromatic hydroxyl groups is 1. The molecule has 2 N–H and O–H groups in total. The second kappa shape index (κ2) is 7.33. The van der Waals surface area contributed by atoms with Gasteiger partial charge in [-0.3, -0.25) is 4.79 Å². The van der Waals surface area contributed by atoms with Crippen LogP contribution in [0.1, 0.15) is 11.1 Å². The average molecular weight is 419 g/mol. The normalized spacial score (nSPS) is 17.2. The molecule has 1 amide bonds. The summed E-state index contributed by atoms with van der Waals surface area (Å²) in [6.07, 6.45) is 1.64. The van der Waals surface area contributed by atoms with E-state index in [0.717, 1.165) is 10.0 Å². The van der Waals surface area contributed by atoms with Crippen LogP contribution >= 0.6 is 27.7 Å². The number of carbonyl (C=O) groups excluding carboxylic acids is 1. The van der Waals surface area contributed by atoms with Gasteiger partial charge in [-0.25, -0.2) is 4.99 Å². The Kier molecular flexibility index (Phi) is 5.15. The van der Waals surface area contributed by atoms with Crippen LogP contribution in [0.2, 0.25) is 0 Å². The number of thioether (sulfide) groups is 1. The van der Waals surface area contributed by atoms with E-state index < -0.39 is 0 Å². The molecule has 1 aliphatic rings. The molecule has 7 heteroatoms. The largest absolute Gasteiger partial charge is 0.507 e. The summed E-state index contributed by atoms with van der Waals surface area (Å²) in [4.78, 5) is 17.1. The van der Waals surface area contributed by atoms with Crippen molar-refractivity contribution in [1.29, 1.82) is 0 Å². The van der Waals surface area contributed by atoms with E-state index in [0.29, 0.717) is 27.1 Å². The van der Waals surface area contributed by atoms with Crippen molar-refractivity contribution >= 4 is 50.5 Å². The Labute approximate surface area is 157 Å². The number of amides is 1. The fourth-order valence-electron chi connectivity index (χ4n) is 2.26. The van der Waals surface area contributed by atoms with Crippen molar-refractivity contribution in [3.63, 3.8) is 0 Å². The number of benzene rings is 2. The topological polar surface area (TPSA) is 70.9 Å². The molecule has 0 bridgehead atoms. The molecule has 2 aromatic rings. The van der Waals surface area contributed by atoms with Crippen LogP contribution in [0, 0.1) is 6.92 Å². The van der Waals surface area contributed by atoms with Crippen molar-refractivity contribution in [1.82, 2.24) is 5.32 Å². The first-order valence-corrected chi connectivity index (χ1v) is 9.00. The molecular formula is C18H15BrN2O3S. The van der Waals surface area contributed by atoms with Crippen LogP contribution in [0.4, 0.5) is 5.69 Å². The van der Waals surface area contributed by atoms with E-state index >= 15 is 0 Å². The lowest BCUT2D eigenvalue weighted by Crippen LogP contribution is -2.19. The molecule has 5 nitrogen and oxygen atoms in total. The number of rotatable bonds is 3. The molecule has 0 radical (unpaired) electrons. The number of ether oxygens (including phenoxy) is 1. The predicted molar refractivity (Wildman–Crippen MR) is 104 cm³/mol. The molecule has 0 saturated carbocycles. The Hall–Kier alpha value is -2.25. The SMILES string of the molecule is COc1ccc(C)cc1N=C1NC(=O)/C(=C/c2cc(Br)ccc2O)S1. The molecule has 0 aromatic heterocycles. The summed E-state index contributed by atoms with van der Waals surface area (Å²) in [7, 11) is 1.58. The minimum Gasteiger partial charge on any atom is -0.507 e. The van der Waals surface area contributed by atoms with Gasteiger partial charge in [0.15, 0.2) is 5.17 Å². The third kappa shape index (κ3) is 4.05. The smallest absolute Gasteiger partial charge is 0.264 e. The van der Waals surface area contributed by atoms with Gasteiger partial charge in [0, 0.05) is 10.0 Å². The molecule has 0 spiro atoms. The van der Waals surface area contributed by atoms with Crippen molar-refractivity contribution < 1.29 is 14.6 Å². The Morgan fingerprint density at radius 2 is 2.08 bits per heavy atom. The maximum atomic E-state index is 12.2. The number of hydrogen-bond acceptors (Lipinski definition) is 5. The summed E-state index contributed by atoms with van der Waals surface area (Å²) in [5.74, 6) is 0.486. The Morgan fingerprint density at radius 1 is 1.28 bits per heavy atom. The summed E-state index contributed by atoms with van der Waals surface area (Å²) >= 11 is 4.57. The first-order chi connectivity index (χ1) is 12.0. The molecule has 0 unspecified atom stereocenters. The number of halogens is 1. The van der Waals surface area contributed by atoms with Crippen LogP contribution in [0.15, 0.2) is 50.8 Å². The van der Waals surface area contributed by atoms with Crippen LogP contribution in [-0.2, 0) is 4.79 Å². The second-order valence-corrected chi connectivity index (χ2v) is 7.31. The van der Waals surface area contributed by atoms with Gasteiger partial charge >= 0.3 is 0 Å². The molecule has 0 atom stereocenters. The van der Waals surface area contributed by atoms with E-state index in [9.17, 15) is 9.90 Å². The third-order valence-corrected chi connectivity index (χ3v) is 4.89. The van der Waals surface area contributed by atoms with Gasteiger partial charge in [0.25, 0.3) is 5.91 Å². The number of nitrogens with one attached hydrogen (secondary N) is 1. The van der Waals surface area contributed by atoms with Gasteiger partial charge in [-0.15, -0.1) is 0 Å². The Balaban J connectivity index is 1.91. The van der Waals surface area contributed by atoms with E-state index in [4.69, 9.17) is 4.74 Å². The van der Waals surface area contributed by atoms with E-state index in [1.54, 1.807) is 31.4 Å². The van der Waals surface area contributed by atoms with Crippen LogP contribution in [-0.4, -0.2) is 23.3 Å². The molecule has 128 valence electrons. The molecule has 1 saturated heterocycles.